The summed E-state index contributed by atoms with van der Waals surface area (Å²) in [5, 5.41) is 9.09. The minimum absolute atomic E-state index is 0.0277. The summed E-state index contributed by atoms with van der Waals surface area (Å²) in [4.78, 5) is 19.6. The molecule has 0 amide bonds. The molecule has 3 rings (SSSR count). The van der Waals surface area contributed by atoms with Crippen LogP contribution in [0.3, 0.4) is 0 Å². The summed E-state index contributed by atoms with van der Waals surface area (Å²) in [6, 6.07) is 1.91. The summed E-state index contributed by atoms with van der Waals surface area (Å²) in [7, 11) is 3.52. The molecule has 6 heteroatoms. The van der Waals surface area contributed by atoms with Gasteiger partial charge in [0.25, 0.3) is 0 Å². The van der Waals surface area contributed by atoms with Crippen molar-refractivity contribution in [3.05, 3.63) is 11.8 Å². The SMILES string of the molecule is COc1cc(C(=O)O)nc2c1N1CCC(C1)N2C. The first kappa shape index (κ1) is 11.1. The first-order valence-corrected chi connectivity index (χ1v) is 5.92. The smallest absolute Gasteiger partial charge is 0.354 e. The van der Waals surface area contributed by atoms with Crippen LogP contribution in [0.2, 0.25) is 0 Å². The fourth-order valence-corrected chi connectivity index (χ4v) is 2.74. The number of likely N-dealkylation sites (N-methyl/N-ethyl adjacent to an activating group) is 1. The van der Waals surface area contributed by atoms with E-state index in [9.17, 15) is 4.79 Å². The van der Waals surface area contributed by atoms with Crippen LogP contribution < -0.4 is 14.5 Å². The summed E-state index contributed by atoms with van der Waals surface area (Å²) in [5.74, 6) is 0.266. The summed E-state index contributed by atoms with van der Waals surface area (Å²) >= 11 is 0. The number of hydrogen-bond acceptors (Lipinski definition) is 5. The lowest BCUT2D eigenvalue weighted by molar-refractivity contribution is 0.0690. The van der Waals surface area contributed by atoms with E-state index in [0.29, 0.717) is 17.6 Å². The van der Waals surface area contributed by atoms with Gasteiger partial charge in [0.05, 0.1) is 7.11 Å². The Morgan fingerprint density at radius 3 is 3.06 bits per heavy atom. The van der Waals surface area contributed by atoms with Gasteiger partial charge in [-0.15, -0.1) is 0 Å². The summed E-state index contributed by atoms with van der Waals surface area (Å²) < 4.78 is 5.33. The van der Waals surface area contributed by atoms with Crippen molar-refractivity contribution in [3.63, 3.8) is 0 Å². The quantitative estimate of drug-likeness (QED) is 0.837. The molecule has 2 aliphatic heterocycles. The van der Waals surface area contributed by atoms with Gasteiger partial charge >= 0.3 is 5.97 Å². The standard InChI is InChI=1S/C12H15N3O3/c1-14-7-3-4-15(6-7)10-9(18-2)5-8(12(16)17)13-11(10)14/h5,7H,3-4,6H2,1-2H3,(H,16,17). The maximum Gasteiger partial charge on any atom is 0.354 e. The number of fused-ring (bicyclic) bond motifs is 4. The van der Waals surface area contributed by atoms with Crippen LogP contribution in [0.25, 0.3) is 0 Å². The Morgan fingerprint density at radius 1 is 1.61 bits per heavy atom. The molecule has 0 saturated carbocycles. The zero-order valence-corrected chi connectivity index (χ0v) is 10.4. The molecule has 1 saturated heterocycles. The minimum atomic E-state index is -1.03. The van der Waals surface area contributed by atoms with E-state index in [0.717, 1.165) is 25.2 Å². The average molecular weight is 249 g/mol. The molecule has 1 N–H and O–H groups in total. The molecule has 0 aromatic carbocycles. The first-order chi connectivity index (χ1) is 8.61. The number of pyridine rings is 1. The van der Waals surface area contributed by atoms with Crippen LogP contribution in [0.4, 0.5) is 11.5 Å². The van der Waals surface area contributed by atoms with E-state index in [1.54, 1.807) is 7.11 Å². The van der Waals surface area contributed by atoms with E-state index < -0.39 is 5.97 Å². The van der Waals surface area contributed by atoms with Gasteiger partial charge in [-0.1, -0.05) is 0 Å². The largest absolute Gasteiger partial charge is 0.494 e. The van der Waals surface area contributed by atoms with Crippen molar-refractivity contribution in [1.82, 2.24) is 4.98 Å². The van der Waals surface area contributed by atoms with Crippen LogP contribution in [-0.4, -0.2) is 49.3 Å². The number of anilines is 2. The van der Waals surface area contributed by atoms with Crippen molar-refractivity contribution >= 4 is 17.5 Å². The van der Waals surface area contributed by atoms with E-state index in [-0.39, 0.29) is 5.69 Å². The number of nitrogens with zero attached hydrogens (tertiary/aromatic N) is 3. The highest BCUT2D eigenvalue weighted by molar-refractivity contribution is 5.90. The van der Waals surface area contributed by atoms with Crippen LogP contribution in [0.1, 0.15) is 16.9 Å². The Bertz CT molecular complexity index is 518. The highest BCUT2D eigenvalue weighted by Gasteiger charge is 2.37. The third-order valence-corrected chi connectivity index (χ3v) is 3.74. The first-order valence-electron chi connectivity index (χ1n) is 5.92. The molecule has 2 aliphatic rings. The van der Waals surface area contributed by atoms with Gasteiger partial charge in [0.15, 0.2) is 11.5 Å². The number of rotatable bonds is 2. The van der Waals surface area contributed by atoms with Gasteiger partial charge in [0, 0.05) is 32.2 Å². The van der Waals surface area contributed by atoms with E-state index in [2.05, 4.69) is 14.8 Å². The van der Waals surface area contributed by atoms with Crippen LogP contribution in [-0.2, 0) is 0 Å². The number of aromatic nitrogens is 1. The van der Waals surface area contributed by atoms with Gasteiger partial charge < -0.3 is 19.6 Å². The molecule has 1 unspecified atom stereocenters. The summed E-state index contributed by atoms with van der Waals surface area (Å²) in [5.41, 5.74) is 0.943. The molecule has 0 aliphatic carbocycles. The van der Waals surface area contributed by atoms with Gasteiger partial charge in [-0.25, -0.2) is 9.78 Å². The Balaban J connectivity index is 2.20. The fraction of sp³-hybridized carbons (Fsp3) is 0.500. The highest BCUT2D eigenvalue weighted by atomic mass is 16.5. The Hall–Kier alpha value is -1.98. The number of ether oxygens (including phenoxy) is 1. The zero-order valence-electron chi connectivity index (χ0n) is 10.4. The Kier molecular flexibility index (Phi) is 2.33. The predicted molar refractivity (Wildman–Crippen MR) is 66.8 cm³/mol. The summed E-state index contributed by atoms with van der Waals surface area (Å²) in [6.07, 6.45) is 1.07. The molecule has 1 fully saturated rings. The summed E-state index contributed by atoms with van der Waals surface area (Å²) in [6.45, 7) is 1.92. The monoisotopic (exact) mass is 249 g/mol. The van der Waals surface area contributed by atoms with Crippen LogP contribution in [0, 0.1) is 0 Å². The molecule has 18 heavy (non-hydrogen) atoms. The van der Waals surface area contributed by atoms with Crippen molar-refractivity contribution in [1.29, 1.82) is 0 Å². The Morgan fingerprint density at radius 2 is 2.39 bits per heavy atom. The Labute approximate surface area is 105 Å². The molecule has 6 nitrogen and oxygen atoms in total. The number of methoxy groups -OCH3 is 1. The van der Waals surface area contributed by atoms with Gasteiger partial charge in [0.1, 0.15) is 11.4 Å². The second-order valence-electron chi connectivity index (χ2n) is 4.69. The molecule has 1 atom stereocenters. The predicted octanol–water partition coefficient (Wildman–Crippen LogP) is 0.817. The molecule has 2 bridgehead atoms. The van der Waals surface area contributed by atoms with Crippen LogP contribution >= 0.6 is 0 Å². The lowest BCUT2D eigenvalue weighted by Gasteiger charge is -2.35. The molecule has 1 aromatic heterocycles. The molecular weight excluding hydrogens is 234 g/mol. The fourth-order valence-electron chi connectivity index (χ4n) is 2.74. The average Bonchev–Trinajstić information content (AvgIpc) is 2.80. The molecular formula is C12H15N3O3. The maximum absolute atomic E-state index is 11.1. The third-order valence-electron chi connectivity index (χ3n) is 3.74. The minimum Gasteiger partial charge on any atom is -0.494 e. The zero-order chi connectivity index (χ0) is 12.9. The van der Waals surface area contributed by atoms with Crippen molar-refractivity contribution in [2.45, 2.75) is 12.5 Å². The number of hydrogen-bond donors (Lipinski definition) is 1. The third kappa shape index (κ3) is 1.41. The van der Waals surface area contributed by atoms with Gasteiger partial charge in [-0.2, -0.15) is 0 Å². The van der Waals surface area contributed by atoms with Crippen molar-refractivity contribution in [2.75, 3.05) is 37.0 Å². The lowest BCUT2D eigenvalue weighted by Crippen LogP contribution is -2.40. The normalized spacial score (nSPS) is 20.9. The van der Waals surface area contributed by atoms with Crippen molar-refractivity contribution < 1.29 is 14.6 Å². The lowest BCUT2D eigenvalue weighted by atomic mass is 10.1. The van der Waals surface area contributed by atoms with Crippen molar-refractivity contribution in [2.24, 2.45) is 0 Å². The second-order valence-corrected chi connectivity index (χ2v) is 4.69. The molecule has 0 radical (unpaired) electrons. The number of carboxylic acid groups (broad SMARTS) is 1. The van der Waals surface area contributed by atoms with E-state index >= 15 is 0 Å². The molecule has 1 aromatic rings. The van der Waals surface area contributed by atoms with E-state index in [1.807, 2.05) is 7.05 Å². The molecule has 0 spiro atoms. The van der Waals surface area contributed by atoms with E-state index in [4.69, 9.17) is 9.84 Å². The topological polar surface area (TPSA) is 65.9 Å². The van der Waals surface area contributed by atoms with Gasteiger partial charge in [0.2, 0.25) is 0 Å². The molecule has 96 valence electrons. The van der Waals surface area contributed by atoms with Gasteiger partial charge in [-0.3, -0.25) is 0 Å². The number of carboxylic acids is 1. The second kappa shape index (κ2) is 3.76. The number of aromatic carboxylic acids is 1. The van der Waals surface area contributed by atoms with Crippen molar-refractivity contribution in [3.8, 4) is 5.75 Å². The maximum atomic E-state index is 11.1. The highest BCUT2D eigenvalue weighted by Crippen LogP contribution is 2.44. The van der Waals surface area contributed by atoms with Crippen LogP contribution in [0.5, 0.6) is 5.75 Å². The van der Waals surface area contributed by atoms with Gasteiger partial charge in [-0.05, 0) is 6.42 Å². The molecule has 3 heterocycles. The number of carbonyl (C=O) groups is 1. The van der Waals surface area contributed by atoms with Crippen LogP contribution in [0.15, 0.2) is 6.07 Å². The van der Waals surface area contributed by atoms with E-state index in [1.165, 1.54) is 6.07 Å².